The lowest BCUT2D eigenvalue weighted by Gasteiger charge is -2.11. The molecule has 2 rings (SSSR count). The molecule has 1 N–H and O–H groups in total. The number of para-hydroxylation sites is 1. The van der Waals surface area contributed by atoms with Crippen molar-refractivity contribution in [1.29, 1.82) is 0 Å². The van der Waals surface area contributed by atoms with Gasteiger partial charge in [0.2, 0.25) is 0 Å². The highest BCUT2D eigenvalue weighted by Gasteiger charge is 2.03. The summed E-state index contributed by atoms with van der Waals surface area (Å²) >= 11 is 0. The van der Waals surface area contributed by atoms with Crippen LogP contribution >= 0.6 is 0 Å². The summed E-state index contributed by atoms with van der Waals surface area (Å²) in [5, 5.41) is 8.65. The summed E-state index contributed by atoms with van der Waals surface area (Å²) in [5.41, 5.74) is 4.29. The summed E-state index contributed by atoms with van der Waals surface area (Å²) in [4.78, 5) is 0. The molecule has 0 amide bonds. The predicted octanol–water partition coefficient (Wildman–Crippen LogP) is 3.23. The van der Waals surface area contributed by atoms with Crippen LogP contribution in [0.4, 0.5) is 0 Å². The minimum Gasteiger partial charge on any atom is -0.488 e. The molecule has 0 aromatic heterocycles. The number of hydrogen-bond donors (Lipinski definition) is 1. The highest BCUT2D eigenvalue weighted by Crippen LogP contribution is 2.23. The van der Waals surface area contributed by atoms with Crippen LogP contribution in [0.15, 0.2) is 42.5 Å². The van der Waals surface area contributed by atoms with Crippen molar-refractivity contribution >= 4 is 0 Å². The first kappa shape index (κ1) is 14.2. The molecule has 0 saturated carbocycles. The molecule has 0 saturated heterocycles. The van der Waals surface area contributed by atoms with E-state index in [2.05, 4.69) is 37.8 Å². The van der Waals surface area contributed by atoms with Gasteiger partial charge >= 0.3 is 0 Å². The fraction of sp³-hybridized carbons (Fsp3) is 0.222. The van der Waals surface area contributed by atoms with Crippen LogP contribution in [0.5, 0.6) is 5.75 Å². The molecule has 2 heteroatoms. The van der Waals surface area contributed by atoms with Crippen LogP contribution in [-0.2, 0) is 6.61 Å². The zero-order valence-corrected chi connectivity index (χ0v) is 11.8. The Morgan fingerprint density at radius 2 is 1.65 bits per heavy atom. The van der Waals surface area contributed by atoms with Crippen molar-refractivity contribution in [3.63, 3.8) is 0 Å². The molecule has 0 bridgehead atoms. The second kappa shape index (κ2) is 6.79. The standard InChI is InChI=1S/C18H18O2/c1-14-5-3-6-15(2)18(14)20-13-17-10-8-16(9-11-17)7-4-12-19/h3,5-6,8-11,19H,12-13H2,1-2H3. The Balaban J connectivity index is 2.04. The van der Waals surface area contributed by atoms with E-state index in [1.807, 2.05) is 30.3 Å². The smallest absolute Gasteiger partial charge is 0.125 e. The fourth-order valence-electron chi connectivity index (χ4n) is 2.01. The Hall–Kier alpha value is -2.24. The van der Waals surface area contributed by atoms with E-state index in [1.54, 1.807) is 0 Å². The van der Waals surface area contributed by atoms with Crippen LogP contribution in [0, 0.1) is 25.7 Å². The molecule has 0 radical (unpaired) electrons. The van der Waals surface area contributed by atoms with Crippen LogP contribution in [0.1, 0.15) is 22.3 Å². The summed E-state index contributed by atoms with van der Waals surface area (Å²) in [6, 6.07) is 14.0. The largest absolute Gasteiger partial charge is 0.488 e. The zero-order chi connectivity index (χ0) is 14.4. The van der Waals surface area contributed by atoms with E-state index >= 15 is 0 Å². The molecule has 0 heterocycles. The number of rotatable bonds is 3. The maximum atomic E-state index is 8.65. The maximum absolute atomic E-state index is 8.65. The average molecular weight is 266 g/mol. The van der Waals surface area contributed by atoms with Gasteiger partial charge in [-0.1, -0.05) is 42.2 Å². The third-order valence-corrected chi connectivity index (χ3v) is 3.06. The minimum atomic E-state index is -0.114. The minimum absolute atomic E-state index is 0.114. The molecule has 2 nitrogen and oxygen atoms in total. The second-order valence-electron chi connectivity index (χ2n) is 4.67. The van der Waals surface area contributed by atoms with Gasteiger partial charge in [-0.2, -0.15) is 0 Å². The van der Waals surface area contributed by atoms with Gasteiger partial charge in [0.05, 0.1) is 0 Å². The molecule has 0 atom stereocenters. The van der Waals surface area contributed by atoms with Gasteiger partial charge in [0, 0.05) is 5.56 Å². The summed E-state index contributed by atoms with van der Waals surface area (Å²) in [6.07, 6.45) is 0. The van der Waals surface area contributed by atoms with E-state index in [9.17, 15) is 0 Å². The highest BCUT2D eigenvalue weighted by atomic mass is 16.5. The quantitative estimate of drug-likeness (QED) is 0.864. The van der Waals surface area contributed by atoms with E-state index in [0.717, 1.165) is 28.0 Å². The summed E-state index contributed by atoms with van der Waals surface area (Å²) in [7, 11) is 0. The predicted molar refractivity (Wildman–Crippen MR) is 80.7 cm³/mol. The molecule has 0 aliphatic carbocycles. The second-order valence-corrected chi connectivity index (χ2v) is 4.67. The highest BCUT2D eigenvalue weighted by molar-refractivity contribution is 5.40. The van der Waals surface area contributed by atoms with Gasteiger partial charge in [0.25, 0.3) is 0 Å². The molecule has 2 aromatic rings. The Bertz CT molecular complexity index is 610. The van der Waals surface area contributed by atoms with E-state index in [4.69, 9.17) is 9.84 Å². The van der Waals surface area contributed by atoms with Crippen molar-refractivity contribution in [3.8, 4) is 17.6 Å². The SMILES string of the molecule is Cc1cccc(C)c1OCc1ccc(C#CCO)cc1. The number of aryl methyl sites for hydroxylation is 2. The van der Waals surface area contributed by atoms with E-state index < -0.39 is 0 Å². The van der Waals surface area contributed by atoms with Crippen molar-refractivity contribution in [2.75, 3.05) is 6.61 Å². The molecule has 0 spiro atoms. The molecule has 0 aliphatic heterocycles. The van der Waals surface area contributed by atoms with Crippen LogP contribution in [0.2, 0.25) is 0 Å². The van der Waals surface area contributed by atoms with Gasteiger partial charge in [-0.3, -0.25) is 0 Å². The van der Waals surface area contributed by atoms with Crippen LogP contribution in [-0.4, -0.2) is 11.7 Å². The number of ether oxygens (including phenoxy) is 1. The van der Waals surface area contributed by atoms with E-state index in [0.29, 0.717) is 6.61 Å². The van der Waals surface area contributed by atoms with Gasteiger partial charge in [-0.15, -0.1) is 0 Å². The van der Waals surface area contributed by atoms with Crippen molar-refractivity contribution in [2.24, 2.45) is 0 Å². The number of aliphatic hydroxyl groups excluding tert-OH is 1. The topological polar surface area (TPSA) is 29.5 Å². The van der Waals surface area contributed by atoms with Crippen molar-refractivity contribution in [3.05, 3.63) is 64.7 Å². The van der Waals surface area contributed by atoms with E-state index in [1.165, 1.54) is 0 Å². The first-order chi connectivity index (χ1) is 9.70. The maximum Gasteiger partial charge on any atom is 0.125 e. The Kier molecular flexibility index (Phi) is 4.81. The van der Waals surface area contributed by atoms with Crippen molar-refractivity contribution in [1.82, 2.24) is 0 Å². The molecule has 20 heavy (non-hydrogen) atoms. The van der Waals surface area contributed by atoms with Gasteiger partial charge in [-0.05, 0) is 42.7 Å². The lowest BCUT2D eigenvalue weighted by molar-refractivity contribution is 0.302. The van der Waals surface area contributed by atoms with Crippen molar-refractivity contribution in [2.45, 2.75) is 20.5 Å². The molecular formula is C18H18O2. The van der Waals surface area contributed by atoms with Gasteiger partial charge in [0.1, 0.15) is 19.0 Å². The summed E-state index contributed by atoms with van der Waals surface area (Å²) in [5.74, 6) is 6.46. The normalized spacial score (nSPS) is 9.75. The first-order valence-electron chi connectivity index (χ1n) is 6.58. The van der Waals surface area contributed by atoms with Crippen LogP contribution in [0.3, 0.4) is 0 Å². The molecule has 2 aromatic carbocycles. The third-order valence-electron chi connectivity index (χ3n) is 3.06. The lowest BCUT2D eigenvalue weighted by Crippen LogP contribution is -1.98. The lowest BCUT2D eigenvalue weighted by atomic mass is 10.1. The monoisotopic (exact) mass is 266 g/mol. The van der Waals surface area contributed by atoms with Crippen molar-refractivity contribution < 1.29 is 9.84 Å². The number of benzene rings is 2. The van der Waals surface area contributed by atoms with Gasteiger partial charge in [0.15, 0.2) is 0 Å². The summed E-state index contributed by atoms with van der Waals surface area (Å²) in [6.45, 7) is 4.53. The average Bonchev–Trinajstić information content (AvgIpc) is 2.46. The molecule has 0 fully saturated rings. The van der Waals surface area contributed by atoms with Gasteiger partial charge < -0.3 is 9.84 Å². The first-order valence-corrected chi connectivity index (χ1v) is 6.58. The Morgan fingerprint density at radius 1 is 1.00 bits per heavy atom. The number of aliphatic hydroxyl groups is 1. The van der Waals surface area contributed by atoms with Crippen LogP contribution < -0.4 is 4.74 Å². The van der Waals surface area contributed by atoms with E-state index in [-0.39, 0.29) is 6.61 Å². The Morgan fingerprint density at radius 3 is 2.25 bits per heavy atom. The fourth-order valence-corrected chi connectivity index (χ4v) is 2.01. The third kappa shape index (κ3) is 3.63. The molecule has 0 aliphatic rings. The number of hydrogen-bond acceptors (Lipinski definition) is 2. The molecule has 102 valence electrons. The van der Waals surface area contributed by atoms with Gasteiger partial charge in [-0.25, -0.2) is 0 Å². The van der Waals surface area contributed by atoms with Crippen LogP contribution in [0.25, 0.3) is 0 Å². The zero-order valence-electron chi connectivity index (χ0n) is 11.8. The summed E-state index contributed by atoms with van der Waals surface area (Å²) < 4.78 is 5.90. The Labute approximate surface area is 120 Å². The molecular weight excluding hydrogens is 248 g/mol. The molecule has 0 unspecified atom stereocenters.